The lowest BCUT2D eigenvalue weighted by Crippen LogP contribution is -2.48. The molecule has 4 rings (SSSR count). The van der Waals surface area contributed by atoms with Crippen LogP contribution in [0.5, 0.6) is 0 Å². The molecule has 4 fully saturated rings. The van der Waals surface area contributed by atoms with Gasteiger partial charge >= 0.3 is 0 Å². The van der Waals surface area contributed by atoms with Crippen molar-refractivity contribution in [3.8, 4) is 0 Å². The van der Waals surface area contributed by atoms with E-state index < -0.39 is 0 Å². The van der Waals surface area contributed by atoms with Crippen molar-refractivity contribution < 1.29 is 0 Å². The van der Waals surface area contributed by atoms with Crippen molar-refractivity contribution in [2.45, 2.75) is 84.1 Å². The van der Waals surface area contributed by atoms with Crippen molar-refractivity contribution in [1.29, 1.82) is 0 Å². The molecule has 4 aliphatic carbocycles. The lowest BCUT2D eigenvalue weighted by atomic mass is 9.48. The number of rotatable bonds is 7. The van der Waals surface area contributed by atoms with Crippen molar-refractivity contribution >= 4 is 0 Å². The fraction of sp³-hybridized carbons (Fsp3) is 1.00. The molecule has 0 aromatic heterocycles. The molecule has 20 heavy (non-hydrogen) atoms. The predicted molar refractivity (Wildman–Crippen MR) is 86.8 cm³/mol. The standard InChI is InChI=1S/C19H35N/c1-4-5-14(2)6-18(20-3)13-19-10-15-7-16(11-19)9-17(8-15)12-19/h14-18,20H,4-13H2,1-3H3. The highest BCUT2D eigenvalue weighted by atomic mass is 14.9. The summed E-state index contributed by atoms with van der Waals surface area (Å²) in [7, 11) is 2.20. The van der Waals surface area contributed by atoms with Gasteiger partial charge in [0.2, 0.25) is 0 Å². The Hall–Kier alpha value is -0.0400. The van der Waals surface area contributed by atoms with Gasteiger partial charge in [-0.3, -0.25) is 0 Å². The SMILES string of the molecule is CCCC(C)CC(CC12CC3CC(CC(C3)C1)C2)NC. The summed E-state index contributed by atoms with van der Waals surface area (Å²) < 4.78 is 0. The smallest absolute Gasteiger partial charge is 0.00718 e. The third-order valence-electron chi connectivity index (χ3n) is 6.72. The Balaban J connectivity index is 1.60. The van der Waals surface area contributed by atoms with Crippen LogP contribution in [0.15, 0.2) is 0 Å². The Morgan fingerprint density at radius 1 is 1.05 bits per heavy atom. The molecule has 4 saturated carbocycles. The Bertz CT molecular complexity index is 286. The van der Waals surface area contributed by atoms with E-state index in [1.54, 1.807) is 38.5 Å². The van der Waals surface area contributed by atoms with E-state index in [1.807, 2.05) is 0 Å². The van der Waals surface area contributed by atoms with Crippen LogP contribution in [0.2, 0.25) is 0 Å². The first-order chi connectivity index (χ1) is 9.62. The number of hydrogen-bond donors (Lipinski definition) is 1. The summed E-state index contributed by atoms with van der Waals surface area (Å²) in [6, 6.07) is 0.771. The average molecular weight is 277 g/mol. The second-order valence-corrected chi connectivity index (χ2v) is 8.74. The van der Waals surface area contributed by atoms with Crippen LogP contribution < -0.4 is 5.32 Å². The molecule has 0 amide bonds. The molecule has 4 aliphatic rings. The first kappa shape index (κ1) is 14.9. The predicted octanol–water partition coefficient (Wildman–Crippen LogP) is 5.01. The molecule has 0 heterocycles. The van der Waals surface area contributed by atoms with Crippen molar-refractivity contribution in [1.82, 2.24) is 5.32 Å². The van der Waals surface area contributed by atoms with E-state index >= 15 is 0 Å². The highest BCUT2D eigenvalue weighted by molar-refractivity contribution is 5.02. The van der Waals surface area contributed by atoms with Gasteiger partial charge in [-0.15, -0.1) is 0 Å². The normalized spacial score (nSPS) is 41.9. The fourth-order valence-corrected chi connectivity index (χ4v) is 6.46. The molecular formula is C19H35N. The van der Waals surface area contributed by atoms with Crippen LogP contribution in [0.1, 0.15) is 78.1 Å². The van der Waals surface area contributed by atoms with Gasteiger partial charge < -0.3 is 5.32 Å². The first-order valence-corrected chi connectivity index (χ1v) is 9.29. The molecule has 2 atom stereocenters. The zero-order chi connectivity index (χ0) is 14.2. The van der Waals surface area contributed by atoms with E-state index in [0.717, 1.165) is 35.1 Å². The van der Waals surface area contributed by atoms with Crippen molar-refractivity contribution in [3.05, 3.63) is 0 Å². The van der Waals surface area contributed by atoms with Gasteiger partial charge in [-0.2, -0.15) is 0 Å². The molecule has 0 aromatic rings. The molecule has 1 heteroatoms. The summed E-state index contributed by atoms with van der Waals surface area (Å²) in [6.45, 7) is 4.78. The molecule has 0 spiro atoms. The van der Waals surface area contributed by atoms with Crippen molar-refractivity contribution in [2.24, 2.45) is 29.1 Å². The monoisotopic (exact) mass is 277 g/mol. The Labute approximate surface area is 126 Å². The topological polar surface area (TPSA) is 12.0 Å². The average Bonchev–Trinajstić information content (AvgIpc) is 2.36. The van der Waals surface area contributed by atoms with Gasteiger partial charge in [-0.25, -0.2) is 0 Å². The third-order valence-corrected chi connectivity index (χ3v) is 6.72. The van der Waals surface area contributed by atoms with E-state index in [0.29, 0.717) is 0 Å². The van der Waals surface area contributed by atoms with Gasteiger partial charge in [0.25, 0.3) is 0 Å². The van der Waals surface area contributed by atoms with E-state index in [2.05, 4.69) is 26.2 Å². The van der Waals surface area contributed by atoms with Gasteiger partial charge in [0.15, 0.2) is 0 Å². The molecule has 0 saturated heterocycles. The van der Waals surface area contributed by atoms with Gasteiger partial charge in [0.05, 0.1) is 0 Å². The Morgan fingerprint density at radius 2 is 1.60 bits per heavy atom. The Kier molecular flexibility index (Phi) is 4.45. The highest BCUT2D eigenvalue weighted by Gasteiger charge is 2.51. The molecule has 0 radical (unpaired) electrons. The van der Waals surface area contributed by atoms with Crippen LogP contribution in [-0.2, 0) is 0 Å². The largest absolute Gasteiger partial charge is 0.317 e. The summed E-state index contributed by atoms with van der Waals surface area (Å²) in [5.74, 6) is 4.21. The minimum absolute atomic E-state index is 0.744. The zero-order valence-corrected chi connectivity index (χ0v) is 14.0. The van der Waals surface area contributed by atoms with Crippen LogP contribution in [0.3, 0.4) is 0 Å². The third kappa shape index (κ3) is 3.08. The summed E-state index contributed by atoms with van der Waals surface area (Å²) >= 11 is 0. The second-order valence-electron chi connectivity index (χ2n) is 8.74. The van der Waals surface area contributed by atoms with Gasteiger partial charge in [-0.05, 0) is 87.5 Å². The summed E-state index contributed by atoms with van der Waals surface area (Å²) in [5, 5.41) is 3.67. The van der Waals surface area contributed by atoms with Crippen LogP contribution in [0.4, 0.5) is 0 Å². The molecular weight excluding hydrogens is 242 g/mol. The van der Waals surface area contributed by atoms with Crippen molar-refractivity contribution in [2.75, 3.05) is 7.05 Å². The number of nitrogens with one attached hydrogen (secondary N) is 1. The van der Waals surface area contributed by atoms with Crippen LogP contribution >= 0.6 is 0 Å². The maximum atomic E-state index is 3.67. The van der Waals surface area contributed by atoms with Gasteiger partial charge in [0.1, 0.15) is 0 Å². The second kappa shape index (κ2) is 5.99. The fourth-order valence-electron chi connectivity index (χ4n) is 6.46. The minimum Gasteiger partial charge on any atom is -0.317 e. The molecule has 4 bridgehead atoms. The van der Waals surface area contributed by atoms with Crippen molar-refractivity contribution in [3.63, 3.8) is 0 Å². The quantitative estimate of drug-likeness (QED) is 0.690. The summed E-state index contributed by atoms with van der Waals surface area (Å²) in [4.78, 5) is 0. The maximum Gasteiger partial charge on any atom is 0.00718 e. The maximum absolute atomic E-state index is 3.67. The lowest BCUT2D eigenvalue weighted by Gasteiger charge is -2.57. The van der Waals surface area contributed by atoms with Crippen LogP contribution in [-0.4, -0.2) is 13.1 Å². The molecule has 0 aliphatic heterocycles. The van der Waals surface area contributed by atoms with Crippen LogP contribution in [0, 0.1) is 29.1 Å². The number of hydrogen-bond acceptors (Lipinski definition) is 1. The molecule has 1 nitrogen and oxygen atoms in total. The van der Waals surface area contributed by atoms with E-state index in [9.17, 15) is 0 Å². The zero-order valence-electron chi connectivity index (χ0n) is 14.0. The van der Waals surface area contributed by atoms with Gasteiger partial charge in [0, 0.05) is 6.04 Å². The highest BCUT2D eigenvalue weighted by Crippen LogP contribution is 2.61. The minimum atomic E-state index is 0.744. The molecule has 116 valence electrons. The lowest BCUT2D eigenvalue weighted by molar-refractivity contribution is -0.0626. The van der Waals surface area contributed by atoms with E-state index in [4.69, 9.17) is 0 Å². The molecule has 1 N–H and O–H groups in total. The summed E-state index contributed by atoms with van der Waals surface area (Å²) in [6.07, 6.45) is 15.1. The summed E-state index contributed by atoms with van der Waals surface area (Å²) in [5.41, 5.74) is 0.744. The molecule has 2 unspecified atom stereocenters. The Morgan fingerprint density at radius 3 is 2.05 bits per heavy atom. The van der Waals surface area contributed by atoms with E-state index in [-0.39, 0.29) is 0 Å². The van der Waals surface area contributed by atoms with Crippen LogP contribution in [0.25, 0.3) is 0 Å². The molecule has 0 aromatic carbocycles. The van der Waals surface area contributed by atoms with Gasteiger partial charge in [-0.1, -0.05) is 26.7 Å². The van der Waals surface area contributed by atoms with E-state index in [1.165, 1.54) is 25.7 Å². The first-order valence-electron chi connectivity index (χ1n) is 9.29.